The Morgan fingerprint density at radius 2 is 1.42 bits per heavy atom. The maximum Gasteiger partial charge on any atom is 0.417 e. The number of ketones is 1. The minimum atomic E-state index is -2.16. The fraction of sp³-hybridized carbons (Fsp3) is 0.596. The molecule has 64 heavy (non-hydrogen) atoms. The highest BCUT2D eigenvalue weighted by Gasteiger charge is 2.55. The minimum Gasteiger partial charge on any atom is -0.467 e. The summed E-state index contributed by atoms with van der Waals surface area (Å²) in [5.74, 6) is -8.25. The molecule has 3 rings (SSSR count). The zero-order valence-electron chi connectivity index (χ0n) is 39.0. The Hall–Kier alpha value is -5.23. The van der Waals surface area contributed by atoms with Gasteiger partial charge in [-0.15, -0.1) is 0 Å². The van der Waals surface area contributed by atoms with Crippen molar-refractivity contribution in [3.63, 3.8) is 0 Å². The summed E-state index contributed by atoms with van der Waals surface area (Å²) in [6.45, 7) is 13.9. The molecule has 2 aromatic carbocycles. The van der Waals surface area contributed by atoms with Crippen LogP contribution in [0.3, 0.4) is 0 Å². The summed E-state index contributed by atoms with van der Waals surface area (Å²) in [7, 11) is 1.19. The molecule has 0 bridgehead atoms. The number of methoxy groups -OCH3 is 1. The van der Waals surface area contributed by atoms with Gasteiger partial charge in [-0.2, -0.15) is 0 Å². The molecule has 8 atom stereocenters. The number of Topliss-reactive ketones (excluding diaryl/α,β-unsaturated/α-hetero) is 1. The number of nitrogens with one attached hydrogen (secondary N) is 3. The second-order valence-electron chi connectivity index (χ2n) is 18.4. The van der Waals surface area contributed by atoms with E-state index in [1.54, 1.807) is 48.5 Å². The number of amides is 5. The molecule has 0 aromatic heterocycles. The number of esters is 1. The maximum atomic E-state index is 14.8. The Labute approximate surface area is 377 Å². The first kappa shape index (κ1) is 53.1. The van der Waals surface area contributed by atoms with Crippen LogP contribution in [0.5, 0.6) is 0 Å². The molecular weight excluding hydrogens is 825 g/mol. The van der Waals surface area contributed by atoms with Crippen molar-refractivity contribution in [2.45, 2.75) is 142 Å². The number of aryl methyl sites for hydroxylation is 1. The standard InChI is InChI=1S/C47H70N6O11/c1-28(2)37(42(58)62-10)51-43(59)47(49,29(3)4)38(54)34-22-17-23-35(34)46(61,25-24-32-18-13-11-14-19-32)52-39(55)31(6)53(44(60)64-45(7,8)9)41(57)30(5)50-40(56)36(48)27-63-26-33-20-15-12-16-21-33/h11-16,18-21,28-31,34-37,61H,17,22-27,48-49H2,1-10H3,(H,50,56)(H,51,59)(H,52,55)/t30-,31-,34?,35?,36-,37?,46?,47+/m0/s1. The Bertz CT molecular complexity index is 1920. The second kappa shape index (κ2) is 23.1. The predicted molar refractivity (Wildman–Crippen MR) is 238 cm³/mol. The topological polar surface area (TPSA) is 259 Å². The number of carbonyl (C=O) groups is 7. The van der Waals surface area contributed by atoms with Gasteiger partial charge in [-0.05, 0) is 83.3 Å². The van der Waals surface area contributed by atoms with Crippen LogP contribution in [0.25, 0.3) is 0 Å². The third-order valence-corrected chi connectivity index (χ3v) is 11.6. The SMILES string of the molecule is COC(=O)C(NC(=O)[C@](N)(C(=O)C1CCCC1C(O)(CCc1ccccc1)NC(=O)[C@H](C)N(C(=O)OC(C)(C)C)C(=O)[C@H](C)NC(=O)[C@@H](N)COCc1ccccc1)C(C)C)C(C)C. The second-order valence-corrected chi connectivity index (χ2v) is 18.4. The summed E-state index contributed by atoms with van der Waals surface area (Å²) in [6, 6.07) is 13.0. The van der Waals surface area contributed by atoms with Crippen molar-refractivity contribution in [2.75, 3.05) is 13.7 Å². The number of hydrogen-bond donors (Lipinski definition) is 6. The van der Waals surface area contributed by atoms with Crippen LogP contribution in [0.2, 0.25) is 0 Å². The van der Waals surface area contributed by atoms with Gasteiger partial charge in [0.05, 0.1) is 20.3 Å². The molecule has 354 valence electrons. The van der Waals surface area contributed by atoms with Crippen molar-refractivity contribution in [3.8, 4) is 0 Å². The minimum absolute atomic E-state index is 0.121. The van der Waals surface area contributed by atoms with E-state index >= 15 is 0 Å². The third-order valence-electron chi connectivity index (χ3n) is 11.6. The van der Waals surface area contributed by atoms with Crippen LogP contribution in [-0.4, -0.2) is 106 Å². The summed E-state index contributed by atoms with van der Waals surface area (Å²) < 4.78 is 16.0. The highest BCUT2D eigenvalue weighted by atomic mass is 16.6. The summed E-state index contributed by atoms with van der Waals surface area (Å²) in [4.78, 5) is 97.5. The van der Waals surface area contributed by atoms with Crippen molar-refractivity contribution < 1.29 is 52.9 Å². The molecular formula is C47H70N6O11. The summed E-state index contributed by atoms with van der Waals surface area (Å²) in [5.41, 5.74) is 9.09. The zero-order valence-corrected chi connectivity index (χ0v) is 39.0. The lowest BCUT2D eigenvalue weighted by molar-refractivity contribution is -0.154. The van der Waals surface area contributed by atoms with E-state index in [4.69, 9.17) is 25.7 Å². The molecule has 1 fully saturated rings. The van der Waals surface area contributed by atoms with E-state index in [0.717, 1.165) is 11.1 Å². The van der Waals surface area contributed by atoms with Crippen LogP contribution < -0.4 is 27.4 Å². The van der Waals surface area contributed by atoms with Crippen LogP contribution in [0.15, 0.2) is 60.7 Å². The normalized spacial score (nSPS) is 18.9. The van der Waals surface area contributed by atoms with Crippen molar-refractivity contribution in [2.24, 2.45) is 35.1 Å². The maximum absolute atomic E-state index is 14.8. The molecule has 1 aliphatic carbocycles. The van der Waals surface area contributed by atoms with E-state index in [1.807, 2.05) is 60.7 Å². The van der Waals surface area contributed by atoms with Gasteiger partial charge in [-0.3, -0.25) is 24.0 Å². The molecule has 17 nitrogen and oxygen atoms in total. The quantitative estimate of drug-likeness (QED) is 0.0598. The number of nitrogens with two attached hydrogens (primary N) is 2. The fourth-order valence-corrected chi connectivity index (χ4v) is 7.75. The highest BCUT2D eigenvalue weighted by Crippen LogP contribution is 2.43. The molecule has 17 heteroatoms. The van der Waals surface area contributed by atoms with Crippen molar-refractivity contribution in [3.05, 3.63) is 71.8 Å². The number of imide groups is 1. The van der Waals surface area contributed by atoms with E-state index in [9.17, 15) is 38.7 Å². The molecule has 0 heterocycles. The Kier molecular flexibility index (Phi) is 19.2. The average Bonchev–Trinajstić information content (AvgIpc) is 3.75. The highest BCUT2D eigenvalue weighted by molar-refractivity contribution is 6.12. The van der Waals surface area contributed by atoms with E-state index < -0.39 is 106 Å². The van der Waals surface area contributed by atoms with Crippen molar-refractivity contribution in [1.82, 2.24) is 20.9 Å². The van der Waals surface area contributed by atoms with Crippen LogP contribution >= 0.6 is 0 Å². The van der Waals surface area contributed by atoms with Crippen LogP contribution in [0.1, 0.15) is 99.1 Å². The van der Waals surface area contributed by atoms with Gasteiger partial charge in [-0.25, -0.2) is 14.5 Å². The van der Waals surface area contributed by atoms with Gasteiger partial charge in [0.15, 0.2) is 11.3 Å². The molecule has 0 saturated heterocycles. The summed E-state index contributed by atoms with van der Waals surface area (Å²) in [6.07, 6.45) is -0.220. The zero-order chi connectivity index (χ0) is 48.2. The van der Waals surface area contributed by atoms with E-state index in [-0.39, 0.29) is 38.9 Å². The molecule has 2 aromatic rings. The Morgan fingerprint density at radius 1 is 0.844 bits per heavy atom. The number of nitrogens with zero attached hydrogens (tertiary/aromatic N) is 1. The smallest absolute Gasteiger partial charge is 0.417 e. The van der Waals surface area contributed by atoms with Crippen molar-refractivity contribution in [1.29, 1.82) is 0 Å². The first-order chi connectivity index (χ1) is 29.9. The number of benzene rings is 2. The van der Waals surface area contributed by atoms with Gasteiger partial charge in [0, 0.05) is 11.8 Å². The van der Waals surface area contributed by atoms with Crippen LogP contribution in [0, 0.1) is 23.7 Å². The van der Waals surface area contributed by atoms with Crippen molar-refractivity contribution >= 4 is 41.5 Å². The van der Waals surface area contributed by atoms with E-state index in [1.165, 1.54) is 21.0 Å². The van der Waals surface area contributed by atoms with Gasteiger partial charge >= 0.3 is 12.1 Å². The first-order valence-electron chi connectivity index (χ1n) is 21.9. The van der Waals surface area contributed by atoms with Gasteiger partial charge < -0.3 is 46.7 Å². The molecule has 0 aliphatic heterocycles. The number of aliphatic hydroxyl groups is 1. The van der Waals surface area contributed by atoms with Crippen LogP contribution in [0.4, 0.5) is 4.79 Å². The predicted octanol–water partition coefficient (Wildman–Crippen LogP) is 3.28. The number of hydrogen-bond acceptors (Lipinski definition) is 13. The van der Waals surface area contributed by atoms with Gasteiger partial charge in [0.25, 0.3) is 5.91 Å². The lowest BCUT2D eigenvalue weighted by atomic mass is 9.71. The van der Waals surface area contributed by atoms with E-state index in [2.05, 4.69) is 16.0 Å². The largest absolute Gasteiger partial charge is 0.467 e. The third kappa shape index (κ3) is 13.9. The van der Waals surface area contributed by atoms with Gasteiger partial charge in [-0.1, -0.05) is 94.8 Å². The summed E-state index contributed by atoms with van der Waals surface area (Å²) in [5, 5.41) is 20.6. The molecule has 0 radical (unpaired) electrons. The number of carbonyl (C=O) groups excluding carboxylic acids is 7. The van der Waals surface area contributed by atoms with E-state index in [0.29, 0.717) is 11.3 Å². The Balaban J connectivity index is 1.96. The molecule has 4 unspecified atom stereocenters. The lowest BCUT2D eigenvalue weighted by Gasteiger charge is -2.42. The first-order valence-corrected chi connectivity index (χ1v) is 21.9. The molecule has 1 saturated carbocycles. The van der Waals surface area contributed by atoms with Gasteiger partial charge in [0.1, 0.15) is 35.5 Å². The van der Waals surface area contributed by atoms with Crippen LogP contribution in [-0.2, 0) is 56.0 Å². The van der Waals surface area contributed by atoms with Gasteiger partial charge in [0.2, 0.25) is 17.7 Å². The Morgan fingerprint density at radius 3 is 1.95 bits per heavy atom. The summed E-state index contributed by atoms with van der Waals surface area (Å²) >= 11 is 0. The molecule has 1 aliphatic rings. The average molecular weight is 895 g/mol. The number of ether oxygens (including phenoxy) is 3. The molecule has 5 amide bonds. The molecule has 0 spiro atoms. The monoisotopic (exact) mass is 895 g/mol. The number of rotatable bonds is 21. The molecule has 8 N–H and O–H groups in total. The fourth-order valence-electron chi connectivity index (χ4n) is 7.75. The lowest BCUT2D eigenvalue weighted by Crippen LogP contribution is -2.68.